The van der Waals surface area contributed by atoms with E-state index in [-0.39, 0.29) is 11.0 Å². The number of nitrogens with zero attached hydrogens (tertiary/aromatic N) is 2. The Labute approximate surface area is 210 Å². The minimum Gasteiger partial charge on any atom is -0.508 e. The third-order valence-electron chi connectivity index (χ3n) is 9.35. The lowest BCUT2D eigenvalue weighted by atomic mass is 9.54. The molecule has 2 aliphatic carbocycles. The average Bonchev–Trinajstić information content (AvgIpc) is 3.52. The Kier molecular flexibility index (Phi) is 5.82. The van der Waals surface area contributed by atoms with Crippen molar-refractivity contribution < 1.29 is 9.84 Å². The van der Waals surface area contributed by atoms with Crippen molar-refractivity contribution in [2.45, 2.75) is 63.1 Å². The van der Waals surface area contributed by atoms with E-state index in [1.807, 2.05) is 6.07 Å². The molecule has 0 bridgehead atoms. The maximum Gasteiger partial charge on any atom is 0.115 e. The molecule has 1 N–H and O–H groups in total. The Hall–Kier alpha value is -2.14. The van der Waals surface area contributed by atoms with E-state index < -0.39 is 0 Å². The van der Waals surface area contributed by atoms with E-state index in [2.05, 4.69) is 79.2 Å². The van der Waals surface area contributed by atoms with Gasteiger partial charge in [0.2, 0.25) is 0 Å². The number of hydrogen-bond donors (Lipinski definition) is 1. The molecule has 4 atom stereocenters. The van der Waals surface area contributed by atoms with Crippen LogP contribution in [-0.4, -0.2) is 59.8 Å². The number of phenols is 1. The lowest BCUT2D eigenvalue weighted by Gasteiger charge is -2.58. The minimum absolute atomic E-state index is 0.179. The summed E-state index contributed by atoms with van der Waals surface area (Å²) in [6.07, 6.45) is 7.33. The third kappa shape index (κ3) is 3.60. The van der Waals surface area contributed by atoms with Crippen LogP contribution in [0.4, 0.5) is 0 Å². The summed E-state index contributed by atoms with van der Waals surface area (Å²) >= 11 is 0. The number of hydrogen-bond acceptors (Lipinski definition) is 4. The first-order chi connectivity index (χ1) is 17.0. The summed E-state index contributed by atoms with van der Waals surface area (Å²) < 4.78 is 7.10. The van der Waals surface area contributed by atoms with Gasteiger partial charge in [-0.25, -0.2) is 0 Å². The normalized spacial score (nSPS) is 31.8. The van der Waals surface area contributed by atoms with Gasteiger partial charge in [0.15, 0.2) is 0 Å². The predicted molar refractivity (Wildman–Crippen MR) is 141 cm³/mol. The summed E-state index contributed by atoms with van der Waals surface area (Å²) in [4.78, 5) is 5.19. The highest BCUT2D eigenvalue weighted by molar-refractivity contribution is 5.74. The van der Waals surface area contributed by atoms with Gasteiger partial charge >= 0.3 is 0 Å². The zero-order valence-corrected chi connectivity index (χ0v) is 21.5. The summed E-state index contributed by atoms with van der Waals surface area (Å²) in [5, 5.41) is 10.6. The summed E-state index contributed by atoms with van der Waals surface area (Å²) in [5.74, 6) is 1.57. The molecule has 4 unspecified atom stereocenters. The van der Waals surface area contributed by atoms with Crippen LogP contribution in [-0.2, 0) is 16.7 Å². The summed E-state index contributed by atoms with van der Waals surface area (Å²) in [6.45, 7) is 9.60. The van der Waals surface area contributed by atoms with Crippen molar-refractivity contribution in [1.29, 1.82) is 0 Å². The topological polar surface area (TPSA) is 35.9 Å². The van der Waals surface area contributed by atoms with Crippen molar-refractivity contribution >= 4 is 6.08 Å². The van der Waals surface area contributed by atoms with Gasteiger partial charge in [0.1, 0.15) is 5.75 Å². The Morgan fingerprint density at radius 2 is 1.94 bits per heavy atom. The first kappa shape index (κ1) is 23.3. The van der Waals surface area contributed by atoms with Crippen LogP contribution in [0.5, 0.6) is 5.75 Å². The van der Waals surface area contributed by atoms with Crippen LogP contribution in [0.15, 0.2) is 54.1 Å². The van der Waals surface area contributed by atoms with E-state index >= 15 is 0 Å². The summed E-state index contributed by atoms with van der Waals surface area (Å²) in [6, 6.07) is 17.2. The first-order valence-corrected chi connectivity index (χ1v) is 13.6. The van der Waals surface area contributed by atoms with Gasteiger partial charge in [0.25, 0.3) is 0 Å². The van der Waals surface area contributed by atoms with E-state index in [4.69, 9.17) is 4.74 Å². The number of rotatable bonds is 8. The molecule has 1 saturated carbocycles. The van der Waals surface area contributed by atoms with Crippen LogP contribution >= 0.6 is 0 Å². The van der Waals surface area contributed by atoms with E-state index in [0.29, 0.717) is 17.7 Å². The van der Waals surface area contributed by atoms with Gasteiger partial charge in [0, 0.05) is 38.1 Å². The first-order valence-electron chi connectivity index (χ1n) is 13.6. The summed E-state index contributed by atoms with van der Waals surface area (Å²) in [5.41, 5.74) is 4.99. The molecule has 1 spiro atoms. The van der Waals surface area contributed by atoms with Gasteiger partial charge in [0.05, 0.1) is 17.6 Å². The van der Waals surface area contributed by atoms with Gasteiger partial charge in [-0.05, 0) is 73.5 Å². The van der Waals surface area contributed by atoms with Crippen molar-refractivity contribution in [3.8, 4) is 5.75 Å². The quantitative estimate of drug-likeness (QED) is 0.554. The van der Waals surface area contributed by atoms with Crippen LogP contribution in [0.25, 0.3) is 6.08 Å². The number of benzene rings is 2. The van der Waals surface area contributed by atoms with E-state index in [9.17, 15) is 5.11 Å². The lowest BCUT2D eigenvalue weighted by molar-refractivity contribution is -0.108. The van der Waals surface area contributed by atoms with E-state index in [1.165, 1.54) is 41.6 Å². The molecule has 4 heteroatoms. The van der Waals surface area contributed by atoms with Crippen molar-refractivity contribution in [3.05, 3.63) is 70.8 Å². The molecule has 186 valence electrons. The van der Waals surface area contributed by atoms with E-state index in [1.54, 1.807) is 0 Å². The highest BCUT2D eigenvalue weighted by Gasteiger charge is 2.70. The molecule has 2 heterocycles. The minimum atomic E-state index is -0.266. The maximum absolute atomic E-state index is 10.6. The Balaban J connectivity index is 1.42. The fourth-order valence-corrected chi connectivity index (χ4v) is 7.80. The van der Waals surface area contributed by atoms with Gasteiger partial charge in [-0.3, -0.25) is 4.90 Å². The fraction of sp³-hybridized carbons (Fsp3) is 0.548. The van der Waals surface area contributed by atoms with Gasteiger partial charge < -0.3 is 14.7 Å². The second kappa shape index (κ2) is 8.76. The number of aromatic hydroxyl groups is 1. The van der Waals surface area contributed by atoms with Crippen LogP contribution < -0.4 is 0 Å². The molecule has 0 aromatic heterocycles. The standard InChI is InChI=1S/C31H40N2O2/c1-4-14-30-22(2)33(18-24-10-11-24)20-26-15-25-12-13-28(34)16-29(25)31(26,30)27(21-35-30)19-32(3)17-23-8-6-5-7-9-23/h5-9,12-13,15-16,22,24,27,34H,4,10-11,14,17-21H2,1-3H3. The molecule has 4 nitrogen and oxygen atoms in total. The molecule has 4 aliphatic rings. The summed E-state index contributed by atoms with van der Waals surface area (Å²) in [7, 11) is 2.25. The number of likely N-dealkylation sites (tertiary alicyclic amines) is 1. The molecule has 0 amide bonds. The van der Waals surface area contributed by atoms with Crippen molar-refractivity contribution in [1.82, 2.24) is 9.80 Å². The van der Waals surface area contributed by atoms with Gasteiger partial charge in [-0.2, -0.15) is 0 Å². The molecule has 2 aliphatic heterocycles. The van der Waals surface area contributed by atoms with Gasteiger partial charge in [-0.1, -0.05) is 55.8 Å². The Morgan fingerprint density at radius 3 is 2.69 bits per heavy atom. The molecular weight excluding hydrogens is 432 g/mol. The van der Waals surface area contributed by atoms with Crippen LogP contribution in [0, 0.1) is 11.8 Å². The molecule has 2 aromatic rings. The SMILES string of the molecule is CCCC12OCC(CN(C)Cc3ccccc3)C13C(=Cc1ccc(O)cc13)CN(CC1CC1)C2C. The Bertz CT molecular complexity index is 1110. The van der Waals surface area contributed by atoms with Crippen molar-refractivity contribution in [2.75, 3.05) is 33.3 Å². The zero-order valence-electron chi connectivity index (χ0n) is 21.5. The molecule has 35 heavy (non-hydrogen) atoms. The van der Waals surface area contributed by atoms with E-state index in [0.717, 1.165) is 45.0 Å². The maximum atomic E-state index is 10.6. The van der Waals surface area contributed by atoms with Crippen LogP contribution in [0.3, 0.4) is 0 Å². The number of fused-ring (bicyclic) bond motifs is 1. The number of phenolic OH excluding ortho intramolecular Hbond substituents is 1. The zero-order chi connectivity index (χ0) is 24.2. The van der Waals surface area contributed by atoms with Crippen LogP contribution in [0.2, 0.25) is 0 Å². The van der Waals surface area contributed by atoms with Crippen molar-refractivity contribution in [3.63, 3.8) is 0 Å². The molecule has 0 radical (unpaired) electrons. The lowest BCUT2D eigenvalue weighted by Crippen LogP contribution is -2.68. The Morgan fingerprint density at radius 1 is 1.14 bits per heavy atom. The molecule has 3 fully saturated rings. The third-order valence-corrected chi connectivity index (χ3v) is 9.35. The molecular formula is C31H40N2O2. The predicted octanol–water partition coefficient (Wildman–Crippen LogP) is 5.46. The highest BCUT2D eigenvalue weighted by atomic mass is 16.5. The molecule has 2 saturated heterocycles. The average molecular weight is 473 g/mol. The van der Waals surface area contributed by atoms with Gasteiger partial charge in [-0.15, -0.1) is 0 Å². The number of piperidine rings is 1. The smallest absolute Gasteiger partial charge is 0.115 e. The highest BCUT2D eigenvalue weighted by Crippen LogP contribution is 2.64. The molecule has 2 aromatic carbocycles. The number of ether oxygens (including phenoxy) is 1. The fourth-order valence-electron chi connectivity index (χ4n) is 7.80. The van der Waals surface area contributed by atoms with Crippen molar-refractivity contribution in [2.24, 2.45) is 11.8 Å². The largest absolute Gasteiger partial charge is 0.508 e. The second-order valence-electron chi connectivity index (χ2n) is 11.6. The second-order valence-corrected chi connectivity index (χ2v) is 11.6. The monoisotopic (exact) mass is 472 g/mol. The molecule has 6 rings (SSSR count). The van der Waals surface area contributed by atoms with Crippen LogP contribution in [0.1, 0.15) is 56.2 Å².